The summed E-state index contributed by atoms with van der Waals surface area (Å²) in [6.45, 7) is 6.36. The summed E-state index contributed by atoms with van der Waals surface area (Å²) in [5.41, 5.74) is 2.19. The van der Waals surface area contributed by atoms with Gasteiger partial charge in [-0.25, -0.2) is 0 Å². The van der Waals surface area contributed by atoms with Gasteiger partial charge in [0.2, 0.25) is 5.13 Å². The Morgan fingerprint density at radius 1 is 1.07 bits per heavy atom. The Hall–Kier alpha value is -2.44. The summed E-state index contributed by atoms with van der Waals surface area (Å²) < 4.78 is 5.54. The standard InChI is InChI=1S/C20H20ClN3O2S/c1-20(2,3)14-6-10-16(11-7-14)26-12-17(25)22-19-24-23-18(27-19)13-4-8-15(21)9-5-13/h4-11H,12H2,1-3H3,(H,22,24,25). The number of rotatable bonds is 5. The van der Waals surface area contributed by atoms with Gasteiger partial charge in [-0.15, -0.1) is 10.2 Å². The SMILES string of the molecule is CC(C)(C)c1ccc(OCC(=O)Nc2nnc(-c3ccc(Cl)cc3)s2)cc1. The van der Waals surface area contributed by atoms with E-state index in [2.05, 4.69) is 36.3 Å². The number of carbonyl (C=O) groups is 1. The van der Waals surface area contributed by atoms with Crippen molar-refractivity contribution in [3.8, 4) is 16.3 Å². The van der Waals surface area contributed by atoms with Gasteiger partial charge in [0.25, 0.3) is 5.91 Å². The van der Waals surface area contributed by atoms with Gasteiger partial charge in [0, 0.05) is 10.6 Å². The second kappa shape index (κ2) is 8.06. The third-order valence-corrected chi connectivity index (χ3v) is 4.99. The van der Waals surface area contributed by atoms with Gasteiger partial charge in [0.05, 0.1) is 0 Å². The maximum atomic E-state index is 12.1. The maximum absolute atomic E-state index is 12.1. The van der Waals surface area contributed by atoms with E-state index in [-0.39, 0.29) is 17.9 Å². The van der Waals surface area contributed by atoms with Crippen LogP contribution in [0.3, 0.4) is 0 Å². The minimum atomic E-state index is -0.284. The topological polar surface area (TPSA) is 64.1 Å². The number of carbonyl (C=O) groups excluding carboxylic acids is 1. The molecule has 1 heterocycles. The summed E-state index contributed by atoms with van der Waals surface area (Å²) in [6.07, 6.45) is 0. The molecule has 2 aromatic carbocycles. The molecule has 0 aliphatic carbocycles. The number of nitrogens with one attached hydrogen (secondary N) is 1. The fourth-order valence-corrected chi connectivity index (χ4v) is 3.23. The summed E-state index contributed by atoms with van der Waals surface area (Å²) >= 11 is 7.18. The van der Waals surface area contributed by atoms with Crippen LogP contribution in [0.4, 0.5) is 5.13 Å². The van der Waals surface area contributed by atoms with Crippen LogP contribution in [0.15, 0.2) is 48.5 Å². The zero-order valence-corrected chi connectivity index (χ0v) is 16.9. The third kappa shape index (κ3) is 5.28. The smallest absolute Gasteiger partial charge is 0.264 e. The van der Waals surface area contributed by atoms with Crippen LogP contribution in [-0.4, -0.2) is 22.7 Å². The van der Waals surface area contributed by atoms with E-state index in [0.717, 1.165) is 5.56 Å². The van der Waals surface area contributed by atoms with E-state index in [1.807, 2.05) is 36.4 Å². The fourth-order valence-electron chi connectivity index (χ4n) is 2.34. The van der Waals surface area contributed by atoms with Crippen LogP contribution in [-0.2, 0) is 10.2 Å². The molecule has 140 valence electrons. The Balaban J connectivity index is 1.54. The molecule has 1 aromatic heterocycles. The molecule has 0 fully saturated rings. The molecule has 1 amide bonds. The lowest BCUT2D eigenvalue weighted by molar-refractivity contribution is -0.118. The molecule has 0 unspecified atom stereocenters. The highest BCUT2D eigenvalue weighted by molar-refractivity contribution is 7.18. The molecular weight excluding hydrogens is 382 g/mol. The minimum absolute atomic E-state index is 0.0789. The summed E-state index contributed by atoms with van der Waals surface area (Å²) in [7, 11) is 0. The van der Waals surface area contributed by atoms with Gasteiger partial charge in [-0.3, -0.25) is 10.1 Å². The van der Waals surface area contributed by atoms with Crippen LogP contribution in [0.5, 0.6) is 5.75 Å². The number of ether oxygens (including phenoxy) is 1. The molecule has 3 rings (SSSR count). The predicted molar refractivity (Wildman–Crippen MR) is 110 cm³/mol. The first-order chi connectivity index (χ1) is 12.8. The van der Waals surface area contributed by atoms with Crippen LogP contribution < -0.4 is 10.1 Å². The Bertz CT molecular complexity index is 916. The maximum Gasteiger partial charge on any atom is 0.264 e. The van der Waals surface area contributed by atoms with Gasteiger partial charge in [0.15, 0.2) is 6.61 Å². The first-order valence-corrected chi connectivity index (χ1v) is 9.63. The van der Waals surface area contributed by atoms with Gasteiger partial charge in [-0.2, -0.15) is 0 Å². The lowest BCUT2D eigenvalue weighted by Gasteiger charge is -2.19. The molecule has 0 atom stereocenters. The van der Waals surface area contributed by atoms with Crippen molar-refractivity contribution in [3.63, 3.8) is 0 Å². The molecule has 1 N–H and O–H groups in total. The molecule has 0 radical (unpaired) electrons. The zero-order chi connectivity index (χ0) is 19.4. The van der Waals surface area contributed by atoms with Crippen molar-refractivity contribution in [1.29, 1.82) is 0 Å². The molecule has 0 aliphatic heterocycles. The minimum Gasteiger partial charge on any atom is -0.484 e. The van der Waals surface area contributed by atoms with Crippen molar-refractivity contribution in [3.05, 3.63) is 59.1 Å². The van der Waals surface area contributed by atoms with Crippen LogP contribution in [0.2, 0.25) is 5.02 Å². The van der Waals surface area contributed by atoms with E-state index in [0.29, 0.717) is 20.9 Å². The van der Waals surface area contributed by atoms with Gasteiger partial charge >= 0.3 is 0 Å². The van der Waals surface area contributed by atoms with E-state index >= 15 is 0 Å². The van der Waals surface area contributed by atoms with Crippen molar-refractivity contribution in [2.75, 3.05) is 11.9 Å². The Kier molecular flexibility index (Phi) is 5.77. The molecule has 0 aliphatic rings. The van der Waals surface area contributed by atoms with Gasteiger partial charge in [0.1, 0.15) is 10.8 Å². The van der Waals surface area contributed by atoms with Gasteiger partial charge < -0.3 is 4.74 Å². The van der Waals surface area contributed by atoms with Crippen LogP contribution in [0.1, 0.15) is 26.3 Å². The number of halogens is 1. The number of nitrogens with zero attached hydrogens (tertiary/aromatic N) is 2. The summed E-state index contributed by atoms with van der Waals surface area (Å²) in [5, 5.41) is 12.6. The Morgan fingerprint density at radius 3 is 2.37 bits per heavy atom. The molecule has 0 bridgehead atoms. The number of aromatic nitrogens is 2. The lowest BCUT2D eigenvalue weighted by atomic mass is 9.87. The second-order valence-corrected chi connectivity index (χ2v) is 8.44. The summed E-state index contributed by atoms with van der Waals surface area (Å²) in [6, 6.07) is 15.1. The number of hydrogen-bond acceptors (Lipinski definition) is 5. The lowest BCUT2D eigenvalue weighted by Crippen LogP contribution is -2.20. The van der Waals surface area contributed by atoms with Gasteiger partial charge in [-0.05, 0) is 35.2 Å². The number of anilines is 1. The normalized spacial score (nSPS) is 11.3. The highest BCUT2D eigenvalue weighted by atomic mass is 35.5. The van der Waals surface area contributed by atoms with Crippen LogP contribution in [0, 0.1) is 0 Å². The largest absolute Gasteiger partial charge is 0.484 e. The summed E-state index contributed by atoms with van der Waals surface area (Å²) in [4.78, 5) is 12.1. The predicted octanol–water partition coefficient (Wildman–Crippen LogP) is 5.17. The average Bonchev–Trinajstić information content (AvgIpc) is 3.08. The Labute approximate surface area is 167 Å². The van der Waals surface area contributed by atoms with Crippen molar-refractivity contribution in [2.45, 2.75) is 26.2 Å². The fraction of sp³-hybridized carbons (Fsp3) is 0.250. The number of benzene rings is 2. The highest BCUT2D eigenvalue weighted by Crippen LogP contribution is 2.27. The molecule has 7 heteroatoms. The molecule has 0 spiro atoms. The van der Waals surface area contributed by atoms with Crippen LogP contribution in [0.25, 0.3) is 10.6 Å². The van der Waals surface area contributed by atoms with Crippen molar-refractivity contribution in [1.82, 2.24) is 10.2 Å². The molecule has 27 heavy (non-hydrogen) atoms. The van der Waals surface area contributed by atoms with E-state index < -0.39 is 0 Å². The quantitative estimate of drug-likeness (QED) is 0.640. The summed E-state index contributed by atoms with van der Waals surface area (Å²) in [5.74, 6) is 0.367. The van der Waals surface area contributed by atoms with E-state index in [4.69, 9.17) is 16.3 Å². The van der Waals surface area contributed by atoms with E-state index in [1.165, 1.54) is 16.9 Å². The highest BCUT2D eigenvalue weighted by Gasteiger charge is 2.14. The monoisotopic (exact) mass is 401 g/mol. The number of amides is 1. The molecule has 5 nitrogen and oxygen atoms in total. The van der Waals surface area contributed by atoms with Crippen molar-refractivity contribution >= 4 is 34.0 Å². The number of hydrogen-bond donors (Lipinski definition) is 1. The molecule has 3 aromatic rings. The Morgan fingerprint density at radius 2 is 1.74 bits per heavy atom. The first-order valence-electron chi connectivity index (χ1n) is 8.44. The zero-order valence-electron chi connectivity index (χ0n) is 15.3. The van der Waals surface area contributed by atoms with E-state index in [9.17, 15) is 4.79 Å². The average molecular weight is 402 g/mol. The first kappa shape index (κ1) is 19.3. The molecule has 0 saturated heterocycles. The van der Waals surface area contributed by atoms with Gasteiger partial charge in [-0.1, -0.05) is 68.0 Å². The van der Waals surface area contributed by atoms with Crippen LogP contribution >= 0.6 is 22.9 Å². The third-order valence-electron chi connectivity index (χ3n) is 3.85. The van der Waals surface area contributed by atoms with E-state index in [1.54, 1.807) is 12.1 Å². The second-order valence-electron chi connectivity index (χ2n) is 7.03. The van der Waals surface area contributed by atoms with Crippen molar-refractivity contribution < 1.29 is 9.53 Å². The van der Waals surface area contributed by atoms with Crippen molar-refractivity contribution in [2.24, 2.45) is 0 Å². The molecule has 0 saturated carbocycles. The molecular formula is C20H20ClN3O2S.